The zero-order valence-electron chi connectivity index (χ0n) is 15.4. The minimum Gasteiger partial charge on any atom is -0.493 e. The van der Waals surface area contributed by atoms with E-state index in [0.717, 1.165) is 24.5 Å². The highest BCUT2D eigenvalue weighted by Gasteiger charge is 2.11. The van der Waals surface area contributed by atoms with Gasteiger partial charge in [0.15, 0.2) is 17.5 Å². The van der Waals surface area contributed by atoms with E-state index in [-0.39, 0.29) is 24.0 Å². The van der Waals surface area contributed by atoms with E-state index in [1.165, 1.54) is 12.2 Å². The fourth-order valence-electron chi connectivity index (χ4n) is 2.14. The maximum atomic E-state index is 6.29. The third-order valence-corrected chi connectivity index (χ3v) is 4.31. The van der Waals surface area contributed by atoms with Crippen LogP contribution in [0.15, 0.2) is 17.1 Å². The van der Waals surface area contributed by atoms with E-state index < -0.39 is 0 Å². The number of rotatable bonds is 10. The third kappa shape index (κ3) is 9.10. The lowest BCUT2D eigenvalue weighted by Crippen LogP contribution is -2.37. The third-order valence-electron chi connectivity index (χ3n) is 3.33. The Morgan fingerprint density at radius 3 is 2.64 bits per heavy atom. The average molecular weight is 502 g/mol. The molecule has 0 bridgehead atoms. The highest BCUT2D eigenvalue weighted by atomic mass is 127. The van der Waals surface area contributed by atoms with Gasteiger partial charge in [-0.2, -0.15) is 11.8 Å². The van der Waals surface area contributed by atoms with Crippen LogP contribution in [-0.4, -0.2) is 45.3 Å². The van der Waals surface area contributed by atoms with E-state index in [1.807, 2.05) is 30.8 Å². The van der Waals surface area contributed by atoms with Crippen molar-refractivity contribution in [3.8, 4) is 11.5 Å². The quantitative estimate of drug-likeness (QED) is 0.218. The minimum absolute atomic E-state index is 0. The number of nitrogens with zero attached hydrogens (tertiary/aromatic N) is 1. The number of guanidine groups is 1. The van der Waals surface area contributed by atoms with Crippen LogP contribution in [-0.2, 0) is 6.54 Å². The lowest BCUT2D eigenvalue weighted by atomic mass is 10.2. The van der Waals surface area contributed by atoms with Gasteiger partial charge in [-0.1, -0.05) is 11.6 Å². The van der Waals surface area contributed by atoms with Gasteiger partial charge in [-0.15, -0.1) is 24.0 Å². The topological polar surface area (TPSA) is 54.9 Å². The molecule has 0 saturated carbocycles. The molecule has 0 spiro atoms. The first-order valence-corrected chi connectivity index (χ1v) is 9.86. The predicted octanol–water partition coefficient (Wildman–Crippen LogP) is 4.17. The molecule has 0 aromatic heterocycles. The van der Waals surface area contributed by atoms with Crippen LogP contribution in [0, 0.1) is 0 Å². The summed E-state index contributed by atoms with van der Waals surface area (Å²) >= 11 is 8.17. The average Bonchev–Trinajstić information content (AvgIpc) is 2.59. The number of hydrogen-bond acceptors (Lipinski definition) is 4. The standard InChI is InChI=1S/C17H28ClN3O2S.HI/c1-5-23-16-14(18)10-13(11-15(16)22-3)12-21-17(19-2)20-8-6-7-9-24-4;/h10-11H,5-9,12H2,1-4H3,(H2,19,20,21);1H. The summed E-state index contributed by atoms with van der Waals surface area (Å²) in [5.41, 5.74) is 1.01. The summed E-state index contributed by atoms with van der Waals surface area (Å²) in [5, 5.41) is 7.15. The van der Waals surface area contributed by atoms with E-state index in [9.17, 15) is 0 Å². The van der Waals surface area contributed by atoms with Crippen LogP contribution in [0.25, 0.3) is 0 Å². The van der Waals surface area contributed by atoms with Gasteiger partial charge in [0.05, 0.1) is 18.7 Å². The summed E-state index contributed by atoms with van der Waals surface area (Å²) in [6.07, 6.45) is 4.46. The first-order valence-electron chi connectivity index (χ1n) is 8.08. The van der Waals surface area contributed by atoms with Gasteiger partial charge in [-0.3, -0.25) is 4.99 Å². The molecule has 8 heteroatoms. The normalized spacial score (nSPS) is 10.8. The lowest BCUT2D eigenvalue weighted by Gasteiger charge is -2.15. The molecule has 0 radical (unpaired) electrons. The van der Waals surface area contributed by atoms with Gasteiger partial charge in [0.25, 0.3) is 0 Å². The molecule has 0 amide bonds. The molecular formula is C17H29ClIN3O2S. The van der Waals surface area contributed by atoms with Gasteiger partial charge < -0.3 is 20.1 Å². The van der Waals surface area contributed by atoms with E-state index in [0.29, 0.717) is 29.7 Å². The molecule has 0 aliphatic carbocycles. The molecule has 1 aromatic rings. The number of hydrogen-bond donors (Lipinski definition) is 2. The van der Waals surface area contributed by atoms with Crippen LogP contribution in [0.5, 0.6) is 11.5 Å². The monoisotopic (exact) mass is 501 g/mol. The van der Waals surface area contributed by atoms with Crippen LogP contribution < -0.4 is 20.1 Å². The zero-order chi connectivity index (χ0) is 17.8. The number of nitrogens with one attached hydrogen (secondary N) is 2. The van der Waals surface area contributed by atoms with Crippen LogP contribution >= 0.6 is 47.3 Å². The van der Waals surface area contributed by atoms with Crippen molar-refractivity contribution in [2.45, 2.75) is 26.3 Å². The number of unbranched alkanes of at least 4 members (excludes halogenated alkanes) is 1. The Labute approximate surface area is 177 Å². The van der Waals surface area contributed by atoms with Crippen molar-refractivity contribution in [1.29, 1.82) is 0 Å². The fourth-order valence-corrected chi connectivity index (χ4v) is 2.92. The molecule has 0 saturated heterocycles. The van der Waals surface area contributed by atoms with Gasteiger partial charge in [0, 0.05) is 20.1 Å². The van der Waals surface area contributed by atoms with Crippen LogP contribution in [0.3, 0.4) is 0 Å². The molecule has 144 valence electrons. The molecule has 0 aliphatic heterocycles. The van der Waals surface area contributed by atoms with E-state index in [1.54, 1.807) is 14.2 Å². The highest BCUT2D eigenvalue weighted by Crippen LogP contribution is 2.36. The van der Waals surface area contributed by atoms with Crippen molar-refractivity contribution < 1.29 is 9.47 Å². The summed E-state index contributed by atoms with van der Waals surface area (Å²) in [7, 11) is 3.38. The van der Waals surface area contributed by atoms with Crippen LogP contribution in [0.1, 0.15) is 25.3 Å². The zero-order valence-corrected chi connectivity index (χ0v) is 19.3. The summed E-state index contributed by atoms with van der Waals surface area (Å²) in [5.74, 6) is 3.20. The Morgan fingerprint density at radius 1 is 1.28 bits per heavy atom. The van der Waals surface area contributed by atoms with Crippen LogP contribution in [0.4, 0.5) is 0 Å². The maximum absolute atomic E-state index is 6.29. The Bertz CT molecular complexity index is 533. The number of aliphatic imine (C=N–C) groups is 1. The fraction of sp³-hybridized carbons (Fsp3) is 0.588. The second kappa shape index (κ2) is 14.6. The number of ether oxygens (including phenoxy) is 2. The Balaban J connectivity index is 0.00000576. The molecule has 2 N–H and O–H groups in total. The first-order chi connectivity index (χ1) is 11.7. The van der Waals surface area contributed by atoms with E-state index >= 15 is 0 Å². The number of halogens is 2. The van der Waals surface area contributed by atoms with Crippen LogP contribution in [0.2, 0.25) is 5.02 Å². The minimum atomic E-state index is 0. The summed E-state index contributed by atoms with van der Waals surface area (Å²) in [4.78, 5) is 4.23. The Morgan fingerprint density at radius 2 is 2.04 bits per heavy atom. The molecule has 25 heavy (non-hydrogen) atoms. The van der Waals surface area contributed by atoms with Gasteiger partial charge in [-0.25, -0.2) is 0 Å². The van der Waals surface area contributed by atoms with E-state index in [4.69, 9.17) is 21.1 Å². The van der Waals surface area contributed by atoms with Gasteiger partial charge >= 0.3 is 0 Å². The van der Waals surface area contributed by atoms with E-state index in [2.05, 4.69) is 21.9 Å². The molecule has 0 unspecified atom stereocenters. The molecule has 0 aliphatic rings. The molecule has 1 aromatic carbocycles. The smallest absolute Gasteiger partial charge is 0.191 e. The van der Waals surface area contributed by atoms with Crippen molar-refractivity contribution in [3.63, 3.8) is 0 Å². The Kier molecular flexibility index (Phi) is 14.3. The highest BCUT2D eigenvalue weighted by molar-refractivity contribution is 14.0. The molecule has 1 rings (SSSR count). The van der Waals surface area contributed by atoms with Gasteiger partial charge in [0.2, 0.25) is 0 Å². The Hall–Kier alpha value is -0.540. The molecule has 5 nitrogen and oxygen atoms in total. The second-order valence-corrected chi connectivity index (χ2v) is 6.49. The van der Waals surface area contributed by atoms with Crippen molar-refractivity contribution in [2.24, 2.45) is 4.99 Å². The largest absolute Gasteiger partial charge is 0.493 e. The number of benzene rings is 1. The first kappa shape index (κ1) is 24.5. The van der Waals surface area contributed by atoms with Crippen molar-refractivity contribution in [1.82, 2.24) is 10.6 Å². The molecule has 0 heterocycles. The van der Waals surface area contributed by atoms with Gasteiger partial charge in [-0.05, 0) is 49.5 Å². The molecular weight excluding hydrogens is 473 g/mol. The number of thioether (sulfide) groups is 1. The molecule has 0 atom stereocenters. The second-order valence-electron chi connectivity index (χ2n) is 5.09. The predicted molar refractivity (Wildman–Crippen MR) is 120 cm³/mol. The summed E-state index contributed by atoms with van der Waals surface area (Å²) in [6.45, 7) is 3.97. The molecule has 0 fully saturated rings. The SMILES string of the molecule is CCOc1c(Cl)cc(CNC(=NC)NCCCCSC)cc1OC.I. The van der Waals surface area contributed by atoms with Gasteiger partial charge in [0.1, 0.15) is 0 Å². The lowest BCUT2D eigenvalue weighted by molar-refractivity contribution is 0.311. The maximum Gasteiger partial charge on any atom is 0.191 e. The summed E-state index contributed by atoms with van der Waals surface area (Å²) < 4.78 is 10.9. The van der Waals surface area contributed by atoms with Crippen molar-refractivity contribution >= 4 is 53.3 Å². The van der Waals surface area contributed by atoms with Crippen molar-refractivity contribution in [3.05, 3.63) is 22.7 Å². The van der Waals surface area contributed by atoms with Crippen molar-refractivity contribution in [2.75, 3.05) is 39.3 Å². The summed E-state index contributed by atoms with van der Waals surface area (Å²) in [6, 6.07) is 3.81. The number of methoxy groups -OCH3 is 1.